The minimum absolute atomic E-state index is 0.326. The monoisotopic (exact) mass is 698 g/mol. The summed E-state index contributed by atoms with van der Waals surface area (Å²) in [5, 5.41) is 0. The van der Waals surface area contributed by atoms with E-state index in [1.807, 2.05) is 36.4 Å². The average molecular weight is 699 g/mol. The van der Waals surface area contributed by atoms with Gasteiger partial charge in [0.1, 0.15) is 0 Å². The lowest BCUT2D eigenvalue weighted by atomic mass is 9.70. The van der Waals surface area contributed by atoms with Crippen molar-refractivity contribution < 1.29 is 0 Å². The van der Waals surface area contributed by atoms with Crippen molar-refractivity contribution >= 4 is 0 Å². The summed E-state index contributed by atoms with van der Waals surface area (Å²) in [4.78, 5) is 10.1. The van der Waals surface area contributed by atoms with E-state index in [0.717, 1.165) is 33.6 Å². The third kappa shape index (κ3) is 4.89. The van der Waals surface area contributed by atoms with Crippen LogP contribution in [0.5, 0.6) is 0 Å². The molecule has 1 heterocycles. The number of benzene rings is 8. The Hall–Kier alpha value is -7.16. The summed E-state index contributed by atoms with van der Waals surface area (Å²) in [6, 6.07) is 74.4. The predicted molar refractivity (Wildman–Crippen MR) is 226 cm³/mol. The summed E-state index contributed by atoms with van der Waals surface area (Å²) >= 11 is 0. The van der Waals surface area contributed by atoms with Crippen LogP contribution in [-0.4, -0.2) is 9.97 Å². The van der Waals surface area contributed by atoms with Crippen LogP contribution in [0.25, 0.3) is 78.4 Å². The molecule has 0 unspecified atom stereocenters. The zero-order valence-electron chi connectivity index (χ0n) is 30.0. The molecule has 0 atom stereocenters. The van der Waals surface area contributed by atoms with Crippen molar-refractivity contribution in [2.45, 2.75) is 5.41 Å². The molecule has 0 saturated carbocycles. The molecule has 0 N–H and O–H groups in total. The first-order valence-electron chi connectivity index (χ1n) is 18.9. The van der Waals surface area contributed by atoms with Crippen molar-refractivity contribution in [2.75, 3.05) is 0 Å². The fraction of sp³-hybridized carbons (Fsp3) is 0.0189. The van der Waals surface area contributed by atoms with Crippen LogP contribution in [0, 0.1) is 0 Å². The van der Waals surface area contributed by atoms with Crippen LogP contribution in [-0.2, 0) is 5.41 Å². The van der Waals surface area contributed by atoms with Gasteiger partial charge in [-0.05, 0) is 85.0 Å². The van der Waals surface area contributed by atoms with Crippen LogP contribution in [0.2, 0.25) is 0 Å². The molecular formula is C53H34N2. The molecule has 0 fully saturated rings. The minimum atomic E-state index is -0.326. The second-order valence-corrected chi connectivity index (χ2v) is 14.5. The number of hydrogen-bond acceptors (Lipinski definition) is 2. The highest BCUT2D eigenvalue weighted by molar-refractivity contribution is 5.96. The summed E-state index contributed by atoms with van der Waals surface area (Å²) < 4.78 is 0. The van der Waals surface area contributed by atoms with Crippen LogP contribution in [0.1, 0.15) is 22.3 Å². The number of hydrogen-bond donors (Lipinski definition) is 0. The van der Waals surface area contributed by atoms with E-state index in [2.05, 4.69) is 170 Å². The van der Waals surface area contributed by atoms with Crippen LogP contribution in [0.3, 0.4) is 0 Å². The molecule has 0 bridgehead atoms. The van der Waals surface area contributed by atoms with Crippen molar-refractivity contribution in [1.82, 2.24) is 9.97 Å². The first-order chi connectivity index (χ1) is 27.3. The van der Waals surface area contributed by atoms with E-state index in [-0.39, 0.29) is 5.41 Å². The Bertz CT molecular complexity index is 2810. The van der Waals surface area contributed by atoms with Gasteiger partial charge < -0.3 is 0 Å². The lowest BCUT2D eigenvalue weighted by molar-refractivity contribution is 0.794. The smallest absolute Gasteiger partial charge is 0.160 e. The maximum absolute atomic E-state index is 5.04. The lowest BCUT2D eigenvalue weighted by Gasteiger charge is -2.30. The van der Waals surface area contributed by atoms with Gasteiger partial charge in [0.25, 0.3) is 0 Å². The van der Waals surface area contributed by atoms with E-state index in [0.29, 0.717) is 5.82 Å². The third-order valence-corrected chi connectivity index (χ3v) is 11.5. The number of nitrogens with zero attached hydrogens (tertiary/aromatic N) is 2. The van der Waals surface area contributed by atoms with Gasteiger partial charge in [0.2, 0.25) is 0 Å². The van der Waals surface area contributed by atoms with Crippen molar-refractivity contribution in [2.24, 2.45) is 0 Å². The quantitative estimate of drug-likeness (QED) is 0.179. The van der Waals surface area contributed by atoms with E-state index in [9.17, 15) is 0 Å². The Kier molecular flexibility index (Phi) is 7.11. The van der Waals surface area contributed by atoms with Gasteiger partial charge in [-0.15, -0.1) is 0 Å². The molecule has 8 aromatic carbocycles. The van der Waals surface area contributed by atoms with Gasteiger partial charge in [-0.1, -0.05) is 188 Å². The lowest BCUT2D eigenvalue weighted by Crippen LogP contribution is -2.25. The highest BCUT2D eigenvalue weighted by Gasteiger charge is 2.51. The van der Waals surface area contributed by atoms with E-state index >= 15 is 0 Å². The summed E-state index contributed by atoms with van der Waals surface area (Å²) in [6.07, 6.45) is 0. The Labute approximate surface area is 321 Å². The summed E-state index contributed by atoms with van der Waals surface area (Å²) in [5.41, 5.74) is 20.1. The van der Waals surface area contributed by atoms with Crippen molar-refractivity contribution in [3.05, 3.63) is 229 Å². The largest absolute Gasteiger partial charge is 0.228 e. The average Bonchev–Trinajstić information content (AvgIpc) is 3.74. The maximum Gasteiger partial charge on any atom is 0.160 e. The van der Waals surface area contributed by atoms with Crippen LogP contribution in [0.15, 0.2) is 206 Å². The summed E-state index contributed by atoms with van der Waals surface area (Å²) in [5.74, 6) is 0.712. The van der Waals surface area contributed by atoms with E-state index in [4.69, 9.17) is 9.97 Å². The van der Waals surface area contributed by atoms with Crippen molar-refractivity contribution in [3.8, 4) is 78.4 Å². The van der Waals surface area contributed by atoms with Crippen LogP contribution >= 0.6 is 0 Å². The van der Waals surface area contributed by atoms with Crippen LogP contribution in [0.4, 0.5) is 0 Å². The third-order valence-electron chi connectivity index (χ3n) is 11.5. The van der Waals surface area contributed by atoms with E-state index in [1.54, 1.807) is 0 Å². The Morgan fingerprint density at radius 1 is 0.255 bits per heavy atom. The van der Waals surface area contributed by atoms with Gasteiger partial charge >= 0.3 is 0 Å². The maximum atomic E-state index is 5.04. The van der Waals surface area contributed by atoms with Gasteiger partial charge in [0, 0.05) is 16.7 Å². The Morgan fingerprint density at radius 3 is 1.22 bits per heavy atom. The second-order valence-electron chi connectivity index (χ2n) is 14.5. The molecule has 9 aromatic rings. The molecule has 2 aliphatic rings. The molecule has 11 rings (SSSR count). The van der Waals surface area contributed by atoms with Gasteiger partial charge in [0.05, 0.1) is 16.8 Å². The Morgan fingerprint density at radius 2 is 0.655 bits per heavy atom. The normalized spacial score (nSPS) is 12.9. The fourth-order valence-corrected chi connectivity index (χ4v) is 9.06. The molecule has 0 amide bonds. The van der Waals surface area contributed by atoms with E-state index in [1.165, 1.54) is 61.2 Å². The first-order valence-corrected chi connectivity index (χ1v) is 18.9. The summed E-state index contributed by atoms with van der Waals surface area (Å²) in [6.45, 7) is 0. The highest BCUT2D eigenvalue weighted by Crippen LogP contribution is 2.62. The molecule has 0 saturated heterocycles. The molecule has 256 valence electrons. The SMILES string of the molecule is c1ccc(-c2cc(-c3ccccc3)nc(-c3ccc(-c4cccc(-c5ccc6c(c5)-c5ccccc5C65c6ccccc6-c6ccccc65)c4)cc3)n2)cc1. The number of aromatic nitrogens is 2. The standard InChI is InChI=1S/C53H34N2/c1-3-14-36(15-4-1)50-34-51(37-16-5-2-6-17-37)55-52(54-50)38-28-26-35(27-29-38)39-18-13-19-40(32-39)41-30-31-49-45(33-41)44-22-9-12-25-48(44)53(49)46-23-10-7-20-42(46)43-21-8-11-24-47(43)53/h1-34H. The summed E-state index contributed by atoms with van der Waals surface area (Å²) in [7, 11) is 0. The van der Waals surface area contributed by atoms with Gasteiger partial charge in [-0.25, -0.2) is 9.97 Å². The second kappa shape index (κ2) is 12.5. The molecular weight excluding hydrogens is 665 g/mol. The van der Waals surface area contributed by atoms with Crippen molar-refractivity contribution in [3.63, 3.8) is 0 Å². The molecule has 0 radical (unpaired) electrons. The number of rotatable bonds is 5. The van der Waals surface area contributed by atoms with Crippen molar-refractivity contribution in [1.29, 1.82) is 0 Å². The fourth-order valence-electron chi connectivity index (χ4n) is 9.06. The molecule has 1 spiro atoms. The van der Waals surface area contributed by atoms with Gasteiger partial charge in [-0.2, -0.15) is 0 Å². The van der Waals surface area contributed by atoms with Crippen LogP contribution < -0.4 is 0 Å². The van der Waals surface area contributed by atoms with Gasteiger partial charge in [-0.3, -0.25) is 0 Å². The van der Waals surface area contributed by atoms with Gasteiger partial charge in [0.15, 0.2) is 5.82 Å². The minimum Gasteiger partial charge on any atom is -0.228 e. The topological polar surface area (TPSA) is 25.8 Å². The molecule has 0 aliphatic heterocycles. The zero-order chi connectivity index (χ0) is 36.3. The Balaban J connectivity index is 0.970. The molecule has 1 aromatic heterocycles. The molecule has 2 nitrogen and oxygen atoms in total. The zero-order valence-corrected chi connectivity index (χ0v) is 30.0. The molecule has 55 heavy (non-hydrogen) atoms. The number of fused-ring (bicyclic) bond motifs is 10. The molecule has 2 aliphatic carbocycles. The molecule has 2 heteroatoms. The highest BCUT2D eigenvalue weighted by atomic mass is 14.9. The van der Waals surface area contributed by atoms with E-state index < -0.39 is 0 Å². The first kappa shape index (κ1) is 31.4. The predicted octanol–water partition coefficient (Wildman–Crippen LogP) is 13.2.